The number of aromatic nitrogens is 1. The van der Waals surface area contributed by atoms with Crippen molar-refractivity contribution in [1.29, 1.82) is 0 Å². The number of benzene rings is 1. The second-order valence-corrected chi connectivity index (χ2v) is 14.0. The van der Waals surface area contributed by atoms with Crippen LogP contribution in [0.3, 0.4) is 0 Å². The van der Waals surface area contributed by atoms with Crippen molar-refractivity contribution in [3.63, 3.8) is 0 Å². The van der Waals surface area contributed by atoms with Crippen molar-refractivity contribution in [3.05, 3.63) is 43.5 Å². The number of fused-ring (bicyclic) bond motifs is 2. The van der Waals surface area contributed by atoms with Crippen molar-refractivity contribution >= 4 is 81.4 Å². The Kier molecular flexibility index (Phi) is 9.43. The molecule has 0 radical (unpaired) electrons. The highest BCUT2D eigenvalue weighted by Crippen LogP contribution is 2.38. The Labute approximate surface area is 242 Å². The Morgan fingerprint density at radius 1 is 1.18 bits per heavy atom. The van der Waals surface area contributed by atoms with Crippen LogP contribution in [0, 0.1) is 12.3 Å². The van der Waals surface area contributed by atoms with E-state index < -0.39 is 39.1 Å². The summed E-state index contributed by atoms with van der Waals surface area (Å²) in [6, 6.07) is 5.51. The number of hydrogen-bond acceptors (Lipinski definition) is 8. The average Bonchev–Trinajstić information content (AvgIpc) is 3.25. The van der Waals surface area contributed by atoms with Crippen molar-refractivity contribution in [2.24, 2.45) is 4.99 Å². The first-order valence-corrected chi connectivity index (χ1v) is 16.5. The molecule has 0 saturated carbocycles. The number of sulfone groups is 1. The van der Waals surface area contributed by atoms with E-state index in [1.54, 1.807) is 11.5 Å². The van der Waals surface area contributed by atoms with Crippen LogP contribution >= 0.6 is 38.6 Å². The van der Waals surface area contributed by atoms with Gasteiger partial charge in [-0.05, 0) is 56.4 Å². The molecule has 0 bridgehead atoms. The molecule has 206 valence electrons. The van der Waals surface area contributed by atoms with E-state index in [4.69, 9.17) is 11.2 Å². The van der Waals surface area contributed by atoms with Gasteiger partial charge in [0.05, 0.1) is 28.9 Å². The summed E-state index contributed by atoms with van der Waals surface area (Å²) in [7, 11) is -4.15. The number of nitrogens with one attached hydrogen (secondary N) is 1. The number of carbonyl (C=O) groups is 3. The molecule has 13 heteroatoms. The molecule has 9 nitrogen and oxygen atoms in total. The SMILES string of the molecule is C#CCn1c(=NC(=O)CS(=O)(=O)CC(=O)Nc2sc3c(c2C(=O)OCC)CCCCC3)sc2cc(Br)ccc21. The summed E-state index contributed by atoms with van der Waals surface area (Å²) in [4.78, 5) is 43.4. The average molecular weight is 653 g/mol. The minimum Gasteiger partial charge on any atom is -0.462 e. The van der Waals surface area contributed by atoms with Gasteiger partial charge in [0.2, 0.25) is 5.91 Å². The third-order valence-corrected chi connectivity index (χ3v) is 10.1. The lowest BCUT2D eigenvalue weighted by atomic mass is 10.1. The van der Waals surface area contributed by atoms with Gasteiger partial charge in [0.1, 0.15) is 16.5 Å². The molecule has 3 aromatic rings. The number of hydrogen-bond donors (Lipinski definition) is 1. The van der Waals surface area contributed by atoms with Crippen LogP contribution < -0.4 is 10.1 Å². The molecule has 2 aromatic heterocycles. The first kappa shape index (κ1) is 29.2. The van der Waals surface area contributed by atoms with Crippen molar-refractivity contribution in [3.8, 4) is 12.3 Å². The third kappa shape index (κ3) is 7.05. The summed E-state index contributed by atoms with van der Waals surface area (Å²) in [6.07, 6.45) is 9.89. The van der Waals surface area contributed by atoms with Gasteiger partial charge in [-0.3, -0.25) is 9.59 Å². The molecule has 39 heavy (non-hydrogen) atoms. The molecule has 2 heterocycles. The fraction of sp³-hybridized carbons (Fsp3) is 0.385. The Bertz CT molecular complexity index is 1660. The summed E-state index contributed by atoms with van der Waals surface area (Å²) in [5.41, 5.74) is 1.92. The molecular weight excluding hydrogens is 626 g/mol. The number of halogens is 1. The van der Waals surface area contributed by atoms with Crippen LogP contribution in [-0.4, -0.2) is 48.9 Å². The Morgan fingerprint density at radius 3 is 2.69 bits per heavy atom. The van der Waals surface area contributed by atoms with Crippen molar-refractivity contribution < 1.29 is 27.5 Å². The van der Waals surface area contributed by atoms with Crippen LogP contribution in [0.4, 0.5) is 5.00 Å². The largest absolute Gasteiger partial charge is 0.462 e. The number of amides is 2. The molecular formula is C26H26BrN3O6S3. The lowest BCUT2D eigenvalue weighted by molar-refractivity contribution is -0.115. The van der Waals surface area contributed by atoms with E-state index >= 15 is 0 Å². The first-order chi connectivity index (χ1) is 18.6. The maximum absolute atomic E-state index is 12.8. The van der Waals surface area contributed by atoms with Gasteiger partial charge < -0.3 is 14.6 Å². The van der Waals surface area contributed by atoms with Gasteiger partial charge >= 0.3 is 5.97 Å². The number of aryl methyl sites for hydroxylation is 1. The highest BCUT2D eigenvalue weighted by atomic mass is 79.9. The molecule has 1 aromatic carbocycles. The van der Waals surface area contributed by atoms with E-state index in [1.807, 2.05) is 18.2 Å². The molecule has 1 aliphatic rings. The summed E-state index contributed by atoms with van der Waals surface area (Å²) in [6.45, 7) is 2.02. The monoisotopic (exact) mass is 651 g/mol. The van der Waals surface area contributed by atoms with E-state index in [2.05, 4.69) is 32.2 Å². The zero-order chi connectivity index (χ0) is 28.2. The van der Waals surface area contributed by atoms with Gasteiger partial charge in [0, 0.05) is 9.35 Å². The quantitative estimate of drug-likeness (QED) is 0.222. The van der Waals surface area contributed by atoms with Gasteiger partial charge in [-0.25, -0.2) is 13.2 Å². The van der Waals surface area contributed by atoms with Crippen LogP contribution in [0.25, 0.3) is 10.2 Å². The number of ether oxygens (including phenoxy) is 1. The highest BCUT2D eigenvalue weighted by Gasteiger charge is 2.28. The predicted octanol–water partition coefficient (Wildman–Crippen LogP) is 4.09. The smallest absolute Gasteiger partial charge is 0.341 e. The zero-order valence-electron chi connectivity index (χ0n) is 21.1. The summed E-state index contributed by atoms with van der Waals surface area (Å²) < 4.78 is 34.0. The predicted molar refractivity (Wildman–Crippen MR) is 156 cm³/mol. The first-order valence-electron chi connectivity index (χ1n) is 12.2. The van der Waals surface area contributed by atoms with Crippen LogP contribution in [0.2, 0.25) is 0 Å². The van der Waals surface area contributed by atoms with E-state index in [0.717, 1.165) is 50.8 Å². The summed E-state index contributed by atoms with van der Waals surface area (Å²) in [5.74, 6) is -1.64. The van der Waals surface area contributed by atoms with Crippen molar-refractivity contribution in [1.82, 2.24) is 4.57 Å². The number of thiophene rings is 1. The van der Waals surface area contributed by atoms with Crippen LogP contribution in [0.15, 0.2) is 27.7 Å². The molecule has 0 spiro atoms. The number of anilines is 1. The maximum atomic E-state index is 12.8. The molecule has 0 aliphatic heterocycles. The van der Waals surface area contributed by atoms with Crippen molar-refractivity contribution in [2.45, 2.75) is 45.6 Å². The fourth-order valence-corrected chi connectivity index (χ4v) is 8.27. The second-order valence-electron chi connectivity index (χ2n) is 8.86. The number of rotatable bonds is 8. The second kappa shape index (κ2) is 12.6. The van der Waals surface area contributed by atoms with Gasteiger partial charge in [0.15, 0.2) is 14.6 Å². The molecule has 4 rings (SSSR count). The van der Waals surface area contributed by atoms with E-state index in [-0.39, 0.29) is 23.0 Å². The van der Waals surface area contributed by atoms with Crippen LogP contribution in [0.5, 0.6) is 0 Å². The minimum atomic E-state index is -4.15. The van der Waals surface area contributed by atoms with E-state index in [1.165, 1.54) is 22.7 Å². The number of esters is 1. The minimum absolute atomic E-state index is 0.149. The lowest BCUT2D eigenvalue weighted by Gasteiger charge is -2.08. The molecule has 1 N–H and O–H groups in total. The summed E-state index contributed by atoms with van der Waals surface area (Å²) in [5, 5.41) is 2.87. The molecule has 2 amide bonds. The normalized spacial score (nSPS) is 13.9. The highest BCUT2D eigenvalue weighted by molar-refractivity contribution is 9.10. The standard InChI is InChI=1S/C26H26BrN3O6S3/c1-3-12-30-18-11-10-16(27)13-20(18)38-26(30)29-22(32)15-39(34,35)14-21(31)28-24-23(25(33)36-4-2)17-8-6-5-7-9-19(17)37-24/h1,10-11,13H,4-9,12,14-15H2,2H3,(H,28,31). The summed E-state index contributed by atoms with van der Waals surface area (Å²) >= 11 is 5.88. The van der Waals surface area contributed by atoms with E-state index in [0.29, 0.717) is 12.0 Å². The maximum Gasteiger partial charge on any atom is 0.341 e. The number of carbonyl (C=O) groups excluding carboxylic acids is 3. The number of terminal acetylenes is 1. The molecule has 0 saturated heterocycles. The van der Waals surface area contributed by atoms with Gasteiger partial charge in [-0.1, -0.05) is 39.6 Å². The lowest BCUT2D eigenvalue weighted by Crippen LogP contribution is -2.28. The Balaban J connectivity index is 1.52. The Hall–Kier alpha value is -2.79. The molecule has 0 unspecified atom stereocenters. The van der Waals surface area contributed by atoms with Crippen LogP contribution in [-0.2, 0) is 43.5 Å². The Morgan fingerprint density at radius 2 is 1.95 bits per heavy atom. The van der Waals surface area contributed by atoms with E-state index in [9.17, 15) is 22.8 Å². The number of nitrogens with zero attached hydrogens (tertiary/aromatic N) is 2. The molecule has 0 fully saturated rings. The van der Waals surface area contributed by atoms with Gasteiger partial charge in [0.25, 0.3) is 5.91 Å². The fourth-order valence-electron chi connectivity index (χ4n) is 4.37. The van der Waals surface area contributed by atoms with Gasteiger partial charge in [-0.15, -0.1) is 17.8 Å². The molecule has 0 atom stereocenters. The van der Waals surface area contributed by atoms with Gasteiger partial charge in [-0.2, -0.15) is 4.99 Å². The number of thiazole rings is 1. The van der Waals surface area contributed by atoms with Crippen molar-refractivity contribution in [2.75, 3.05) is 23.4 Å². The third-order valence-electron chi connectivity index (χ3n) is 5.96. The zero-order valence-corrected chi connectivity index (χ0v) is 25.2. The molecule has 1 aliphatic carbocycles. The van der Waals surface area contributed by atoms with Crippen LogP contribution in [0.1, 0.15) is 47.0 Å². The topological polar surface area (TPSA) is 124 Å².